The van der Waals surface area contributed by atoms with Crippen LogP contribution < -0.4 is 0 Å². The van der Waals surface area contributed by atoms with Gasteiger partial charge in [-0.25, -0.2) is 4.79 Å². The first-order valence-corrected chi connectivity index (χ1v) is 5.99. The van der Waals surface area contributed by atoms with Crippen LogP contribution in [-0.4, -0.2) is 43.3 Å². The van der Waals surface area contributed by atoms with Gasteiger partial charge in [-0.2, -0.15) is 0 Å². The van der Waals surface area contributed by atoms with Gasteiger partial charge in [-0.15, -0.1) is 0 Å². The molecule has 100 valence electrons. The van der Waals surface area contributed by atoms with Gasteiger partial charge in [0.1, 0.15) is 13.2 Å². The number of esters is 1. The Morgan fingerprint density at radius 1 is 1.22 bits per heavy atom. The van der Waals surface area contributed by atoms with Crippen LogP contribution in [0.25, 0.3) is 0 Å². The number of piperidine rings is 1. The van der Waals surface area contributed by atoms with Gasteiger partial charge in [0.05, 0.1) is 5.92 Å². The predicted molar refractivity (Wildman–Crippen MR) is 67.0 cm³/mol. The lowest BCUT2D eigenvalue weighted by Crippen LogP contribution is -2.43. The van der Waals surface area contributed by atoms with E-state index in [1.54, 1.807) is 0 Å². The van der Waals surface area contributed by atoms with Crippen molar-refractivity contribution in [2.45, 2.75) is 12.8 Å². The van der Waals surface area contributed by atoms with E-state index in [0.717, 1.165) is 12.8 Å². The molecule has 1 saturated heterocycles. The van der Waals surface area contributed by atoms with E-state index in [4.69, 9.17) is 9.47 Å². The molecule has 1 unspecified atom stereocenters. The van der Waals surface area contributed by atoms with Crippen molar-refractivity contribution in [3.8, 4) is 0 Å². The summed E-state index contributed by atoms with van der Waals surface area (Å²) >= 11 is 0. The summed E-state index contributed by atoms with van der Waals surface area (Å²) in [5.41, 5.74) is 0. The molecule has 1 aliphatic rings. The first kappa shape index (κ1) is 14.3. The van der Waals surface area contributed by atoms with E-state index >= 15 is 0 Å². The van der Waals surface area contributed by atoms with Crippen LogP contribution in [0, 0.1) is 5.92 Å². The molecule has 0 radical (unpaired) electrons. The topological polar surface area (TPSA) is 55.8 Å². The number of carbonyl (C=O) groups is 2. The van der Waals surface area contributed by atoms with Crippen molar-refractivity contribution in [3.63, 3.8) is 0 Å². The van der Waals surface area contributed by atoms with E-state index in [2.05, 4.69) is 13.2 Å². The summed E-state index contributed by atoms with van der Waals surface area (Å²) in [6.45, 7) is 8.31. The van der Waals surface area contributed by atoms with E-state index in [0.29, 0.717) is 13.1 Å². The fourth-order valence-electron chi connectivity index (χ4n) is 1.82. The SMILES string of the molecule is C=CCOC(=O)C1CCCN(C(=O)OCC=C)C1. The van der Waals surface area contributed by atoms with Crippen LogP contribution in [0.1, 0.15) is 12.8 Å². The standard InChI is InChI=1S/C13H19NO4/c1-3-8-17-12(15)11-6-5-7-14(10-11)13(16)18-9-4-2/h3-4,11H,1-2,5-10H2. The fraction of sp³-hybridized carbons (Fsp3) is 0.538. The summed E-state index contributed by atoms with van der Waals surface area (Å²) in [4.78, 5) is 24.8. The number of likely N-dealkylation sites (tertiary alicyclic amines) is 1. The van der Waals surface area contributed by atoms with E-state index in [-0.39, 0.29) is 25.1 Å². The highest BCUT2D eigenvalue weighted by atomic mass is 16.6. The van der Waals surface area contributed by atoms with Crippen molar-refractivity contribution < 1.29 is 19.1 Å². The zero-order chi connectivity index (χ0) is 13.4. The molecule has 0 spiro atoms. The number of nitrogens with zero attached hydrogens (tertiary/aromatic N) is 1. The molecule has 1 fully saturated rings. The Morgan fingerprint density at radius 2 is 1.89 bits per heavy atom. The Balaban J connectivity index is 2.44. The van der Waals surface area contributed by atoms with Crippen molar-refractivity contribution in [1.82, 2.24) is 4.90 Å². The number of amides is 1. The van der Waals surface area contributed by atoms with Crippen LogP contribution >= 0.6 is 0 Å². The monoisotopic (exact) mass is 253 g/mol. The summed E-state index contributed by atoms with van der Waals surface area (Å²) in [5, 5.41) is 0. The molecule has 5 nitrogen and oxygen atoms in total. The molecule has 1 aliphatic heterocycles. The van der Waals surface area contributed by atoms with Crippen LogP contribution in [0.4, 0.5) is 4.79 Å². The molecular formula is C13H19NO4. The lowest BCUT2D eigenvalue weighted by atomic mass is 9.99. The first-order chi connectivity index (χ1) is 8.69. The van der Waals surface area contributed by atoms with Gasteiger partial charge >= 0.3 is 12.1 Å². The summed E-state index contributed by atoms with van der Waals surface area (Å²) in [5.74, 6) is -0.550. The molecule has 0 bridgehead atoms. The molecule has 0 N–H and O–H groups in total. The minimum Gasteiger partial charge on any atom is -0.461 e. The molecular weight excluding hydrogens is 234 g/mol. The molecule has 0 saturated carbocycles. The highest BCUT2D eigenvalue weighted by molar-refractivity contribution is 5.75. The van der Waals surface area contributed by atoms with Gasteiger partial charge in [0, 0.05) is 13.1 Å². The van der Waals surface area contributed by atoms with Gasteiger partial charge < -0.3 is 14.4 Å². The lowest BCUT2D eigenvalue weighted by molar-refractivity contribution is -0.148. The maximum Gasteiger partial charge on any atom is 0.410 e. The van der Waals surface area contributed by atoms with Crippen molar-refractivity contribution in [2.24, 2.45) is 5.92 Å². The van der Waals surface area contributed by atoms with Crippen LogP contribution in [0.2, 0.25) is 0 Å². The summed E-state index contributed by atoms with van der Waals surface area (Å²) in [6.07, 6.45) is 4.14. The molecule has 1 heterocycles. The molecule has 5 heteroatoms. The third kappa shape index (κ3) is 4.24. The second-order valence-electron chi connectivity index (χ2n) is 4.07. The quantitative estimate of drug-likeness (QED) is 0.553. The van der Waals surface area contributed by atoms with Crippen LogP contribution in [0.5, 0.6) is 0 Å². The van der Waals surface area contributed by atoms with Crippen LogP contribution in [-0.2, 0) is 14.3 Å². The lowest BCUT2D eigenvalue weighted by Gasteiger charge is -2.30. The summed E-state index contributed by atoms with van der Waals surface area (Å²) in [7, 11) is 0. The smallest absolute Gasteiger partial charge is 0.410 e. The average Bonchev–Trinajstić information content (AvgIpc) is 2.42. The Kier molecular flexibility index (Phi) is 5.97. The summed E-state index contributed by atoms with van der Waals surface area (Å²) < 4.78 is 9.93. The maximum absolute atomic E-state index is 11.7. The number of hydrogen-bond donors (Lipinski definition) is 0. The minimum atomic E-state index is -0.406. The Hall–Kier alpha value is -1.78. The molecule has 0 aromatic carbocycles. The van der Waals surface area contributed by atoms with Gasteiger partial charge in [-0.1, -0.05) is 25.3 Å². The molecule has 1 amide bonds. The predicted octanol–water partition coefficient (Wildman–Crippen LogP) is 1.75. The van der Waals surface area contributed by atoms with Crippen LogP contribution in [0.15, 0.2) is 25.3 Å². The number of hydrogen-bond acceptors (Lipinski definition) is 4. The second-order valence-corrected chi connectivity index (χ2v) is 4.07. The van der Waals surface area contributed by atoms with Gasteiger partial charge in [0.2, 0.25) is 0 Å². The Bertz CT molecular complexity index is 297. The first-order valence-electron chi connectivity index (χ1n) is 5.99. The third-order valence-electron chi connectivity index (χ3n) is 2.68. The largest absolute Gasteiger partial charge is 0.461 e. The zero-order valence-corrected chi connectivity index (χ0v) is 10.5. The summed E-state index contributed by atoms with van der Waals surface area (Å²) in [6, 6.07) is 0. The third-order valence-corrected chi connectivity index (χ3v) is 2.68. The van der Waals surface area contributed by atoms with Gasteiger partial charge in [-0.3, -0.25) is 4.79 Å². The Labute approximate surface area is 107 Å². The van der Waals surface area contributed by atoms with Crippen LogP contribution in [0.3, 0.4) is 0 Å². The molecule has 1 atom stereocenters. The van der Waals surface area contributed by atoms with Crippen molar-refractivity contribution in [3.05, 3.63) is 25.3 Å². The minimum absolute atomic E-state index is 0.181. The molecule has 0 aromatic rings. The van der Waals surface area contributed by atoms with Crippen molar-refractivity contribution in [1.29, 1.82) is 0 Å². The Morgan fingerprint density at radius 3 is 2.56 bits per heavy atom. The highest BCUT2D eigenvalue weighted by Gasteiger charge is 2.29. The van der Waals surface area contributed by atoms with E-state index < -0.39 is 6.09 Å². The van der Waals surface area contributed by atoms with E-state index in [1.165, 1.54) is 17.1 Å². The highest BCUT2D eigenvalue weighted by Crippen LogP contribution is 2.18. The number of rotatable bonds is 5. The van der Waals surface area contributed by atoms with Crippen molar-refractivity contribution >= 4 is 12.1 Å². The van der Waals surface area contributed by atoms with Gasteiger partial charge in [0.15, 0.2) is 0 Å². The maximum atomic E-state index is 11.7. The fourth-order valence-corrected chi connectivity index (χ4v) is 1.82. The molecule has 0 aliphatic carbocycles. The van der Waals surface area contributed by atoms with E-state index in [9.17, 15) is 9.59 Å². The normalized spacial score (nSPS) is 18.9. The van der Waals surface area contributed by atoms with Crippen molar-refractivity contribution in [2.75, 3.05) is 26.3 Å². The zero-order valence-electron chi connectivity index (χ0n) is 10.5. The number of ether oxygens (including phenoxy) is 2. The molecule has 1 rings (SSSR count). The van der Waals surface area contributed by atoms with E-state index in [1.807, 2.05) is 0 Å². The molecule has 0 aromatic heterocycles. The van der Waals surface area contributed by atoms with Gasteiger partial charge in [0.25, 0.3) is 0 Å². The second kappa shape index (κ2) is 7.53. The average molecular weight is 253 g/mol. The molecule has 18 heavy (non-hydrogen) atoms. The number of carbonyl (C=O) groups excluding carboxylic acids is 2. The van der Waals surface area contributed by atoms with Gasteiger partial charge in [-0.05, 0) is 12.8 Å².